The van der Waals surface area contributed by atoms with Crippen molar-refractivity contribution in [1.82, 2.24) is 4.98 Å². The average Bonchev–Trinajstić information content (AvgIpc) is 2.84. The first-order valence-electron chi connectivity index (χ1n) is 8.21. The molecule has 0 fully saturated rings. The highest BCUT2D eigenvalue weighted by Gasteiger charge is 2.23. The summed E-state index contributed by atoms with van der Waals surface area (Å²) in [4.78, 5) is 29.7. The van der Waals surface area contributed by atoms with Gasteiger partial charge in [-0.15, -0.1) is 0 Å². The lowest BCUT2D eigenvalue weighted by Gasteiger charge is -2.15. The van der Waals surface area contributed by atoms with Crippen LogP contribution in [0.5, 0.6) is 0 Å². The van der Waals surface area contributed by atoms with Gasteiger partial charge in [-0.05, 0) is 57.0 Å². The summed E-state index contributed by atoms with van der Waals surface area (Å²) in [7, 11) is 3.93. The van der Waals surface area contributed by atoms with Crippen molar-refractivity contribution < 1.29 is 14.3 Å². The van der Waals surface area contributed by atoms with Gasteiger partial charge in [0.2, 0.25) is 0 Å². The Morgan fingerprint density at radius 3 is 2.44 bits per heavy atom. The molecular formula is C19H25N3O3. The molecule has 0 aliphatic rings. The third-order valence-corrected chi connectivity index (χ3v) is 4.12. The number of esters is 1. The molecule has 0 unspecified atom stereocenters. The van der Waals surface area contributed by atoms with E-state index in [1.54, 1.807) is 20.8 Å². The molecule has 1 heterocycles. The Labute approximate surface area is 148 Å². The number of nitrogens with zero attached hydrogens (tertiary/aromatic N) is 1. The molecule has 0 bridgehead atoms. The van der Waals surface area contributed by atoms with E-state index in [1.165, 1.54) is 0 Å². The van der Waals surface area contributed by atoms with Crippen LogP contribution in [0.15, 0.2) is 18.2 Å². The quantitative estimate of drug-likeness (QED) is 0.816. The number of benzene rings is 1. The summed E-state index contributed by atoms with van der Waals surface area (Å²) in [5, 5.41) is 2.90. The van der Waals surface area contributed by atoms with E-state index in [1.807, 2.05) is 44.1 Å². The summed E-state index contributed by atoms with van der Waals surface area (Å²) in [6.45, 7) is 7.49. The monoisotopic (exact) mass is 343 g/mol. The van der Waals surface area contributed by atoms with Crippen molar-refractivity contribution in [2.24, 2.45) is 0 Å². The molecule has 0 spiro atoms. The van der Waals surface area contributed by atoms with E-state index in [4.69, 9.17) is 4.74 Å². The molecule has 134 valence electrons. The molecule has 1 aromatic heterocycles. The van der Waals surface area contributed by atoms with Gasteiger partial charge in [0.15, 0.2) is 0 Å². The number of ether oxygens (including phenoxy) is 1. The van der Waals surface area contributed by atoms with Crippen molar-refractivity contribution in [3.8, 4) is 0 Å². The van der Waals surface area contributed by atoms with Gasteiger partial charge < -0.3 is 19.9 Å². The van der Waals surface area contributed by atoms with Crippen LogP contribution in [-0.2, 0) is 4.74 Å². The van der Waals surface area contributed by atoms with E-state index >= 15 is 0 Å². The van der Waals surface area contributed by atoms with Crippen LogP contribution in [0.1, 0.15) is 44.6 Å². The molecular weight excluding hydrogens is 318 g/mol. The lowest BCUT2D eigenvalue weighted by atomic mass is 10.1. The standard InChI is InChI=1S/C19H25N3O3/c1-7-25-19(24)16-12(3)17(20-13(16)4)18(23)21-15-9-8-14(22(5)6)10-11(15)2/h8-10,20H,7H2,1-6H3,(H,21,23). The summed E-state index contributed by atoms with van der Waals surface area (Å²) in [6.07, 6.45) is 0. The Balaban J connectivity index is 2.28. The van der Waals surface area contributed by atoms with Crippen molar-refractivity contribution >= 4 is 23.3 Å². The van der Waals surface area contributed by atoms with Gasteiger partial charge in [-0.2, -0.15) is 0 Å². The normalized spacial score (nSPS) is 10.5. The van der Waals surface area contributed by atoms with E-state index in [0.29, 0.717) is 29.1 Å². The Hall–Kier alpha value is -2.76. The first-order valence-corrected chi connectivity index (χ1v) is 8.21. The number of aromatic amines is 1. The minimum absolute atomic E-state index is 0.281. The molecule has 1 aromatic carbocycles. The lowest BCUT2D eigenvalue weighted by Crippen LogP contribution is -2.15. The maximum atomic E-state index is 12.6. The van der Waals surface area contributed by atoms with Crippen LogP contribution in [0.2, 0.25) is 0 Å². The number of carbonyl (C=O) groups is 2. The number of hydrogen-bond acceptors (Lipinski definition) is 4. The van der Waals surface area contributed by atoms with Crippen molar-refractivity contribution in [3.05, 3.63) is 46.3 Å². The van der Waals surface area contributed by atoms with Crippen molar-refractivity contribution in [2.75, 3.05) is 30.9 Å². The summed E-state index contributed by atoms with van der Waals surface area (Å²) in [5.74, 6) is -0.698. The number of H-pyrrole nitrogens is 1. The third kappa shape index (κ3) is 3.84. The van der Waals surface area contributed by atoms with Crippen LogP contribution in [0, 0.1) is 20.8 Å². The highest BCUT2D eigenvalue weighted by molar-refractivity contribution is 6.07. The number of carbonyl (C=O) groups excluding carboxylic acids is 2. The lowest BCUT2D eigenvalue weighted by molar-refractivity contribution is 0.0525. The fourth-order valence-corrected chi connectivity index (χ4v) is 2.74. The molecule has 2 N–H and O–H groups in total. The third-order valence-electron chi connectivity index (χ3n) is 4.12. The van der Waals surface area contributed by atoms with Gasteiger partial charge in [-0.25, -0.2) is 4.79 Å². The molecule has 0 saturated carbocycles. The van der Waals surface area contributed by atoms with Gasteiger partial charge >= 0.3 is 5.97 Å². The van der Waals surface area contributed by atoms with Crippen LogP contribution in [0.3, 0.4) is 0 Å². The van der Waals surface area contributed by atoms with Gasteiger partial charge in [-0.3, -0.25) is 4.79 Å². The average molecular weight is 343 g/mol. The van der Waals surface area contributed by atoms with E-state index in [2.05, 4.69) is 10.3 Å². The van der Waals surface area contributed by atoms with Gasteiger partial charge in [0.1, 0.15) is 5.69 Å². The summed E-state index contributed by atoms with van der Waals surface area (Å²) in [6, 6.07) is 5.83. The second kappa shape index (κ2) is 7.42. The minimum atomic E-state index is -0.417. The number of hydrogen-bond donors (Lipinski definition) is 2. The van der Waals surface area contributed by atoms with Crippen LogP contribution in [0.25, 0.3) is 0 Å². The molecule has 6 heteroatoms. The van der Waals surface area contributed by atoms with Crippen LogP contribution in [-0.4, -0.2) is 37.6 Å². The predicted molar refractivity (Wildman–Crippen MR) is 99.7 cm³/mol. The Morgan fingerprint density at radius 2 is 1.88 bits per heavy atom. The second-order valence-electron chi connectivity index (χ2n) is 6.19. The Morgan fingerprint density at radius 1 is 1.20 bits per heavy atom. The molecule has 0 radical (unpaired) electrons. The number of nitrogens with one attached hydrogen (secondary N) is 2. The molecule has 0 aliphatic carbocycles. The molecule has 6 nitrogen and oxygen atoms in total. The number of amides is 1. The van der Waals surface area contributed by atoms with E-state index in [0.717, 1.165) is 16.9 Å². The van der Waals surface area contributed by atoms with E-state index in [-0.39, 0.29) is 5.91 Å². The molecule has 0 atom stereocenters. The largest absolute Gasteiger partial charge is 0.462 e. The van der Waals surface area contributed by atoms with Crippen LogP contribution < -0.4 is 10.2 Å². The maximum Gasteiger partial charge on any atom is 0.340 e. The summed E-state index contributed by atoms with van der Waals surface area (Å²) in [5.41, 5.74) is 4.78. The first kappa shape index (κ1) is 18.6. The number of rotatable bonds is 5. The number of aromatic nitrogens is 1. The molecule has 0 saturated heterocycles. The van der Waals surface area contributed by atoms with Crippen molar-refractivity contribution in [1.29, 1.82) is 0 Å². The zero-order valence-corrected chi connectivity index (χ0v) is 15.6. The smallest absolute Gasteiger partial charge is 0.340 e. The van der Waals surface area contributed by atoms with Crippen LogP contribution >= 0.6 is 0 Å². The highest BCUT2D eigenvalue weighted by Crippen LogP contribution is 2.24. The summed E-state index contributed by atoms with van der Waals surface area (Å²) < 4.78 is 5.06. The first-order chi connectivity index (χ1) is 11.8. The van der Waals surface area contributed by atoms with E-state index in [9.17, 15) is 9.59 Å². The van der Waals surface area contributed by atoms with Crippen LogP contribution in [0.4, 0.5) is 11.4 Å². The van der Waals surface area contributed by atoms with Crippen molar-refractivity contribution in [2.45, 2.75) is 27.7 Å². The van der Waals surface area contributed by atoms with Gasteiger partial charge in [0, 0.05) is 31.2 Å². The number of anilines is 2. The van der Waals surface area contributed by atoms with Crippen molar-refractivity contribution in [3.63, 3.8) is 0 Å². The van der Waals surface area contributed by atoms with Gasteiger partial charge in [0.25, 0.3) is 5.91 Å². The fraction of sp³-hybridized carbons (Fsp3) is 0.368. The topological polar surface area (TPSA) is 74.4 Å². The van der Waals surface area contributed by atoms with Gasteiger partial charge in [-0.1, -0.05) is 0 Å². The molecule has 25 heavy (non-hydrogen) atoms. The zero-order valence-electron chi connectivity index (χ0n) is 15.6. The molecule has 0 aliphatic heterocycles. The molecule has 2 rings (SSSR count). The summed E-state index contributed by atoms with van der Waals surface area (Å²) >= 11 is 0. The Bertz CT molecular complexity index is 806. The Kier molecular flexibility index (Phi) is 5.51. The van der Waals surface area contributed by atoms with Gasteiger partial charge in [0.05, 0.1) is 12.2 Å². The SMILES string of the molecule is CCOC(=O)c1c(C)[nH]c(C(=O)Nc2ccc(N(C)C)cc2C)c1C. The maximum absolute atomic E-state index is 12.6. The van der Waals surface area contributed by atoms with E-state index < -0.39 is 5.97 Å². The molecule has 1 amide bonds. The highest BCUT2D eigenvalue weighted by atomic mass is 16.5. The fourth-order valence-electron chi connectivity index (χ4n) is 2.74. The second-order valence-corrected chi connectivity index (χ2v) is 6.19. The molecule has 2 aromatic rings. The zero-order chi connectivity index (χ0) is 18.7. The predicted octanol–water partition coefficient (Wildman–Crippen LogP) is 3.43. The number of aryl methyl sites for hydroxylation is 2. The minimum Gasteiger partial charge on any atom is -0.462 e.